The third-order valence-electron chi connectivity index (χ3n) is 3.60. The monoisotopic (exact) mass is 358 g/mol. The molecule has 0 bridgehead atoms. The Morgan fingerprint density at radius 2 is 1.84 bits per heavy atom. The van der Waals surface area contributed by atoms with Gasteiger partial charge in [-0.1, -0.05) is 0 Å². The number of carbonyl (C=O) groups is 2. The van der Waals surface area contributed by atoms with E-state index in [1.54, 1.807) is 38.1 Å². The van der Waals surface area contributed by atoms with Crippen molar-refractivity contribution in [3.8, 4) is 11.3 Å². The molecule has 1 aliphatic rings. The number of amides is 2. The Bertz CT molecular complexity index is 883. The first kappa shape index (κ1) is 17.0. The number of imide groups is 1. The number of nitrogens with zero attached hydrogens (tertiary/aromatic N) is 2. The molecule has 1 saturated heterocycles. The van der Waals surface area contributed by atoms with E-state index < -0.39 is 4.92 Å². The number of carbonyl (C=O) groups excluding carboxylic acids is 2. The smallest absolute Gasteiger partial charge is 0.293 e. The second kappa shape index (κ2) is 6.56. The summed E-state index contributed by atoms with van der Waals surface area (Å²) in [5.74, 6) is 0.616. The number of hydrogen-bond acceptors (Lipinski definition) is 6. The van der Waals surface area contributed by atoms with Gasteiger partial charge in [-0.25, -0.2) is 0 Å². The van der Waals surface area contributed by atoms with Crippen molar-refractivity contribution in [2.75, 3.05) is 0 Å². The first-order valence-corrected chi connectivity index (χ1v) is 8.30. The second-order valence-electron chi connectivity index (χ2n) is 5.65. The Morgan fingerprint density at radius 3 is 2.40 bits per heavy atom. The third-order valence-corrected chi connectivity index (χ3v) is 4.49. The molecule has 7 nitrogen and oxygen atoms in total. The molecule has 1 aliphatic heterocycles. The number of hydrogen-bond donors (Lipinski definition) is 0. The van der Waals surface area contributed by atoms with Crippen LogP contribution in [0, 0.1) is 10.1 Å². The van der Waals surface area contributed by atoms with Crippen LogP contribution >= 0.6 is 11.8 Å². The maximum absolute atomic E-state index is 12.3. The van der Waals surface area contributed by atoms with Gasteiger partial charge in [-0.3, -0.25) is 24.6 Å². The molecule has 0 saturated carbocycles. The molecule has 0 aliphatic carbocycles. The molecule has 0 spiro atoms. The Labute approximate surface area is 147 Å². The van der Waals surface area contributed by atoms with E-state index in [1.165, 1.54) is 23.1 Å². The highest BCUT2D eigenvalue weighted by Crippen LogP contribution is 2.34. The van der Waals surface area contributed by atoms with Gasteiger partial charge in [0.2, 0.25) is 0 Å². The van der Waals surface area contributed by atoms with Gasteiger partial charge in [0.05, 0.1) is 9.83 Å². The number of non-ortho nitro benzene ring substituents is 1. The van der Waals surface area contributed by atoms with Crippen LogP contribution in [0.1, 0.15) is 19.6 Å². The van der Waals surface area contributed by atoms with Crippen LogP contribution in [0.5, 0.6) is 0 Å². The fraction of sp³-hybridized carbons (Fsp3) is 0.176. The molecule has 8 heteroatoms. The minimum Gasteiger partial charge on any atom is -0.457 e. The molecule has 2 amide bonds. The number of nitro benzene ring substituents is 1. The van der Waals surface area contributed by atoms with Crippen LogP contribution < -0.4 is 0 Å². The fourth-order valence-corrected chi connectivity index (χ4v) is 3.33. The molecular weight excluding hydrogens is 344 g/mol. The third kappa shape index (κ3) is 3.34. The van der Waals surface area contributed by atoms with Crippen molar-refractivity contribution in [1.29, 1.82) is 0 Å². The predicted octanol–water partition coefficient (Wildman–Crippen LogP) is 4.30. The van der Waals surface area contributed by atoms with E-state index in [0.29, 0.717) is 22.0 Å². The average molecular weight is 358 g/mol. The minimum absolute atomic E-state index is 0.00195. The van der Waals surface area contributed by atoms with Gasteiger partial charge in [0.1, 0.15) is 11.5 Å². The summed E-state index contributed by atoms with van der Waals surface area (Å²) in [6.07, 6.45) is 1.53. The van der Waals surface area contributed by atoms with Gasteiger partial charge in [0.25, 0.3) is 16.8 Å². The molecule has 0 radical (unpaired) electrons. The number of furan rings is 1. The number of nitro groups is 1. The van der Waals surface area contributed by atoms with Crippen molar-refractivity contribution in [3.05, 3.63) is 57.2 Å². The van der Waals surface area contributed by atoms with Crippen LogP contribution in [0.15, 0.2) is 45.7 Å². The molecule has 1 aromatic heterocycles. The zero-order valence-electron chi connectivity index (χ0n) is 13.5. The molecule has 0 atom stereocenters. The lowest BCUT2D eigenvalue weighted by atomic mass is 10.1. The van der Waals surface area contributed by atoms with Gasteiger partial charge in [0.15, 0.2) is 0 Å². The summed E-state index contributed by atoms with van der Waals surface area (Å²) in [5, 5.41) is 10.4. The fourth-order valence-electron chi connectivity index (χ4n) is 2.39. The van der Waals surface area contributed by atoms with Crippen molar-refractivity contribution < 1.29 is 18.9 Å². The van der Waals surface area contributed by atoms with E-state index >= 15 is 0 Å². The van der Waals surface area contributed by atoms with Crippen molar-refractivity contribution in [2.45, 2.75) is 19.9 Å². The van der Waals surface area contributed by atoms with E-state index in [9.17, 15) is 19.7 Å². The van der Waals surface area contributed by atoms with Crippen LogP contribution in [-0.2, 0) is 4.79 Å². The van der Waals surface area contributed by atoms with E-state index in [2.05, 4.69) is 0 Å². The highest BCUT2D eigenvalue weighted by Gasteiger charge is 2.36. The molecule has 0 N–H and O–H groups in total. The molecule has 0 unspecified atom stereocenters. The van der Waals surface area contributed by atoms with Crippen LogP contribution in [0.4, 0.5) is 10.5 Å². The molecule has 2 heterocycles. The zero-order valence-corrected chi connectivity index (χ0v) is 14.3. The first-order chi connectivity index (χ1) is 11.9. The maximum atomic E-state index is 12.3. The van der Waals surface area contributed by atoms with Crippen molar-refractivity contribution in [1.82, 2.24) is 4.90 Å². The molecule has 1 aromatic carbocycles. The molecule has 2 aromatic rings. The van der Waals surface area contributed by atoms with Gasteiger partial charge >= 0.3 is 0 Å². The van der Waals surface area contributed by atoms with Crippen molar-refractivity contribution >= 4 is 34.7 Å². The van der Waals surface area contributed by atoms with Crippen LogP contribution in [0.25, 0.3) is 17.4 Å². The number of rotatable bonds is 4. The lowest BCUT2D eigenvalue weighted by Crippen LogP contribution is -2.34. The summed E-state index contributed by atoms with van der Waals surface area (Å²) < 4.78 is 5.67. The standard InChI is InChI=1S/C17H14N2O5S/c1-10(2)18-16(20)15(25-17(18)21)9-13-7-8-14(24-13)11-3-5-12(6-4-11)19(22)23/h3-10H,1-2H3/b15-9-. The summed E-state index contributed by atoms with van der Waals surface area (Å²) in [5.41, 5.74) is 0.679. The number of thioether (sulfide) groups is 1. The lowest BCUT2D eigenvalue weighted by molar-refractivity contribution is -0.384. The highest BCUT2D eigenvalue weighted by molar-refractivity contribution is 8.18. The lowest BCUT2D eigenvalue weighted by Gasteiger charge is -2.16. The first-order valence-electron chi connectivity index (χ1n) is 7.48. The topological polar surface area (TPSA) is 93.7 Å². The Hall–Kier alpha value is -2.87. The van der Waals surface area contributed by atoms with Crippen LogP contribution in [0.3, 0.4) is 0 Å². The van der Waals surface area contributed by atoms with Crippen molar-refractivity contribution in [3.63, 3.8) is 0 Å². The van der Waals surface area contributed by atoms with E-state index in [0.717, 1.165) is 11.8 Å². The normalized spacial score (nSPS) is 16.3. The zero-order chi connectivity index (χ0) is 18.1. The second-order valence-corrected chi connectivity index (χ2v) is 6.64. The highest BCUT2D eigenvalue weighted by atomic mass is 32.2. The average Bonchev–Trinajstić information content (AvgIpc) is 3.12. The summed E-state index contributed by atoms with van der Waals surface area (Å²) >= 11 is 0.879. The molecule has 25 heavy (non-hydrogen) atoms. The quantitative estimate of drug-likeness (QED) is 0.459. The molecular formula is C17H14N2O5S. The maximum Gasteiger partial charge on any atom is 0.293 e. The predicted molar refractivity (Wildman–Crippen MR) is 93.7 cm³/mol. The van der Waals surface area contributed by atoms with E-state index in [-0.39, 0.29) is 22.9 Å². The molecule has 128 valence electrons. The van der Waals surface area contributed by atoms with Gasteiger partial charge < -0.3 is 4.42 Å². The van der Waals surface area contributed by atoms with Crippen molar-refractivity contribution in [2.24, 2.45) is 0 Å². The summed E-state index contributed by atoms with van der Waals surface area (Å²) in [7, 11) is 0. The Balaban J connectivity index is 1.83. The Morgan fingerprint density at radius 1 is 1.16 bits per heavy atom. The summed E-state index contributed by atoms with van der Waals surface area (Å²) in [6, 6.07) is 9.16. The number of benzene rings is 1. The Kier molecular flexibility index (Phi) is 4.45. The van der Waals surface area contributed by atoms with Gasteiger partial charge in [-0.05, 0) is 49.9 Å². The SMILES string of the molecule is CC(C)N1C(=O)S/C(=C\c2ccc(-c3ccc([N+](=O)[O-])cc3)o2)C1=O. The molecule has 1 fully saturated rings. The summed E-state index contributed by atoms with van der Waals surface area (Å²) in [6.45, 7) is 3.55. The van der Waals surface area contributed by atoms with E-state index in [1.807, 2.05) is 0 Å². The minimum atomic E-state index is -0.470. The molecule has 3 rings (SSSR count). The van der Waals surface area contributed by atoms with E-state index in [4.69, 9.17) is 4.42 Å². The van der Waals surface area contributed by atoms with Crippen LogP contribution in [-0.4, -0.2) is 27.0 Å². The van der Waals surface area contributed by atoms with Gasteiger partial charge in [-0.15, -0.1) is 0 Å². The summed E-state index contributed by atoms with van der Waals surface area (Å²) in [4.78, 5) is 35.9. The van der Waals surface area contributed by atoms with Gasteiger partial charge in [0, 0.05) is 29.8 Å². The van der Waals surface area contributed by atoms with Gasteiger partial charge in [-0.2, -0.15) is 0 Å². The van der Waals surface area contributed by atoms with Crippen LogP contribution in [0.2, 0.25) is 0 Å². The largest absolute Gasteiger partial charge is 0.457 e.